The van der Waals surface area contributed by atoms with Crippen molar-refractivity contribution in [2.75, 3.05) is 5.32 Å². The molecule has 1 N–H and O–H groups in total. The van der Waals surface area contributed by atoms with Gasteiger partial charge >= 0.3 is 0 Å². The van der Waals surface area contributed by atoms with Crippen LogP contribution in [0.3, 0.4) is 0 Å². The topological polar surface area (TPSA) is 77.2 Å². The molecule has 0 bridgehead atoms. The standard InChI is InChI=1S/C25H23N3O3S/c1-17-7-6-10-20(15-17)24-27-28-25(31-24)32-18(2)23(29)26-21-11-13-22(14-12-21)30-16-19-8-4-3-5-9-19/h3-15,18H,16H2,1-2H3,(H,26,29)/t18-/m0/s1. The summed E-state index contributed by atoms with van der Waals surface area (Å²) in [7, 11) is 0. The van der Waals surface area contributed by atoms with Gasteiger partial charge in [-0.1, -0.05) is 59.8 Å². The average Bonchev–Trinajstić information content (AvgIpc) is 3.28. The first-order valence-corrected chi connectivity index (χ1v) is 11.1. The summed E-state index contributed by atoms with van der Waals surface area (Å²) >= 11 is 1.22. The number of thioether (sulfide) groups is 1. The molecule has 0 aliphatic rings. The minimum absolute atomic E-state index is 0.150. The van der Waals surface area contributed by atoms with E-state index in [2.05, 4.69) is 15.5 Å². The molecule has 4 aromatic rings. The van der Waals surface area contributed by atoms with Crippen molar-refractivity contribution >= 4 is 23.4 Å². The maximum Gasteiger partial charge on any atom is 0.277 e. The van der Waals surface area contributed by atoms with Crippen molar-refractivity contribution < 1.29 is 13.9 Å². The fourth-order valence-corrected chi connectivity index (χ4v) is 3.66. The van der Waals surface area contributed by atoms with Gasteiger partial charge in [0, 0.05) is 11.3 Å². The zero-order valence-electron chi connectivity index (χ0n) is 17.8. The summed E-state index contributed by atoms with van der Waals surface area (Å²) in [5.74, 6) is 1.03. The first kappa shape index (κ1) is 21.6. The molecule has 4 rings (SSSR count). The Labute approximate surface area is 191 Å². The minimum Gasteiger partial charge on any atom is -0.489 e. The lowest BCUT2D eigenvalue weighted by Gasteiger charge is -2.11. The van der Waals surface area contributed by atoms with E-state index in [1.807, 2.05) is 85.8 Å². The number of carbonyl (C=O) groups is 1. The molecule has 1 aromatic heterocycles. The second-order valence-electron chi connectivity index (χ2n) is 7.29. The highest BCUT2D eigenvalue weighted by molar-refractivity contribution is 8.00. The number of hydrogen-bond donors (Lipinski definition) is 1. The highest BCUT2D eigenvalue weighted by Crippen LogP contribution is 2.27. The summed E-state index contributed by atoms with van der Waals surface area (Å²) in [4.78, 5) is 12.6. The Kier molecular flexibility index (Phi) is 6.87. The second kappa shape index (κ2) is 10.2. The van der Waals surface area contributed by atoms with Gasteiger partial charge in [-0.2, -0.15) is 0 Å². The van der Waals surface area contributed by atoms with Crippen molar-refractivity contribution in [2.45, 2.75) is 30.9 Å². The summed E-state index contributed by atoms with van der Waals surface area (Å²) in [5.41, 5.74) is 3.76. The lowest BCUT2D eigenvalue weighted by molar-refractivity contribution is -0.115. The van der Waals surface area contributed by atoms with E-state index in [4.69, 9.17) is 9.15 Å². The molecule has 1 atom stereocenters. The molecule has 0 radical (unpaired) electrons. The van der Waals surface area contributed by atoms with Gasteiger partial charge in [-0.3, -0.25) is 4.79 Å². The fourth-order valence-electron chi connectivity index (χ4n) is 2.98. The Morgan fingerprint density at radius 1 is 1.03 bits per heavy atom. The van der Waals surface area contributed by atoms with Crippen LogP contribution in [-0.4, -0.2) is 21.4 Å². The Bertz CT molecular complexity index is 1180. The third kappa shape index (κ3) is 5.76. The lowest BCUT2D eigenvalue weighted by Crippen LogP contribution is -2.22. The van der Waals surface area contributed by atoms with Crippen LogP contribution in [0.5, 0.6) is 5.75 Å². The molecule has 0 saturated carbocycles. The van der Waals surface area contributed by atoms with Gasteiger partial charge in [-0.05, 0) is 55.8 Å². The van der Waals surface area contributed by atoms with Gasteiger partial charge in [0.15, 0.2) is 0 Å². The number of rotatable bonds is 8. The van der Waals surface area contributed by atoms with Crippen molar-refractivity contribution in [3.8, 4) is 17.2 Å². The number of aryl methyl sites for hydroxylation is 1. The van der Waals surface area contributed by atoms with Crippen LogP contribution in [0.25, 0.3) is 11.5 Å². The maximum absolute atomic E-state index is 12.6. The molecule has 1 heterocycles. The zero-order chi connectivity index (χ0) is 22.3. The quantitative estimate of drug-likeness (QED) is 0.348. The van der Waals surface area contributed by atoms with Crippen molar-refractivity contribution in [1.82, 2.24) is 10.2 Å². The first-order valence-electron chi connectivity index (χ1n) is 10.2. The largest absolute Gasteiger partial charge is 0.489 e. The molecule has 0 unspecified atom stereocenters. The number of benzene rings is 3. The van der Waals surface area contributed by atoms with Crippen LogP contribution in [-0.2, 0) is 11.4 Å². The van der Waals surface area contributed by atoms with Crippen LogP contribution < -0.4 is 10.1 Å². The molecule has 6 nitrogen and oxygen atoms in total. The first-order chi connectivity index (χ1) is 15.6. The van der Waals surface area contributed by atoms with E-state index in [1.54, 1.807) is 6.92 Å². The molecular formula is C25H23N3O3S. The van der Waals surface area contributed by atoms with Crippen molar-refractivity contribution in [3.05, 3.63) is 90.0 Å². The number of nitrogens with zero attached hydrogens (tertiary/aromatic N) is 2. The van der Waals surface area contributed by atoms with Crippen LogP contribution >= 0.6 is 11.8 Å². The number of ether oxygens (including phenoxy) is 1. The monoisotopic (exact) mass is 445 g/mol. The van der Waals surface area contributed by atoms with E-state index in [9.17, 15) is 4.79 Å². The number of nitrogens with one attached hydrogen (secondary N) is 1. The second-order valence-corrected chi connectivity index (χ2v) is 8.58. The molecule has 0 spiro atoms. The van der Waals surface area contributed by atoms with Gasteiger partial charge in [0.1, 0.15) is 12.4 Å². The number of anilines is 1. The van der Waals surface area contributed by atoms with Crippen LogP contribution in [0, 0.1) is 6.92 Å². The van der Waals surface area contributed by atoms with Gasteiger partial charge in [-0.25, -0.2) is 0 Å². The number of aromatic nitrogens is 2. The summed E-state index contributed by atoms with van der Waals surface area (Å²) in [6, 6.07) is 25.1. The molecule has 7 heteroatoms. The predicted molar refractivity (Wildman–Crippen MR) is 126 cm³/mol. The third-order valence-corrected chi connectivity index (χ3v) is 5.62. The maximum atomic E-state index is 12.6. The Morgan fingerprint density at radius 2 is 1.81 bits per heavy atom. The molecule has 0 saturated heterocycles. The molecule has 3 aromatic carbocycles. The third-order valence-electron chi connectivity index (χ3n) is 4.69. The SMILES string of the molecule is Cc1cccc(-c2nnc(S[C@@H](C)C(=O)Nc3ccc(OCc4ccccc4)cc3)o2)c1. The Balaban J connectivity index is 1.30. The smallest absolute Gasteiger partial charge is 0.277 e. The molecule has 0 fully saturated rings. The van der Waals surface area contributed by atoms with E-state index in [-0.39, 0.29) is 5.91 Å². The average molecular weight is 446 g/mol. The molecule has 162 valence electrons. The Hall–Kier alpha value is -3.58. The van der Waals surface area contributed by atoms with E-state index in [0.29, 0.717) is 23.4 Å². The number of hydrogen-bond acceptors (Lipinski definition) is 6. The predicted octanol–water partition coefficient (Wildman–Crippen LogP) is 5.74. The van der Waals surface area contributed by atoms with Crippen LogP contribution in [0.4, 0.5) is 5.69 Å². The van der Waals surface area contributed by atoms with Gasteiger partial charge in [-0.15, -0.1) is 10.2 Å². The molecule has 1 amide bonds. The van der Waals surface area contributed by atoms with Gasteiger partial charge in [0.25, 0.3) is 5.22 Å². The summed E-state index contributed by atoms with van der Waals surface area (Å²) < 4.78 is 11.5. The summed E-state index contributed by atoms with van der Waals surface area (Å²) in [6.07, 6.45) is 0. The van der Waals surface area contributed by atoms with E-state index < -0.39 is 5.25 Å². The fraction of sp³-hybridized carbons (Fsp3) is 0.160. The van der Waals surface area contributed by atoms with Crippen molar-refractivity contribution in [1.29, 1.82) is 0 Å². The minimum atomic E-state index is -0.408. The van der Waals surface area contributed by atoms with Crippen molar-refractivity contribution in [2.24, 2.45) is 0 Å². The number of carbonyl (C=O) groups excluding carboxylic acids is 1. The van der Waals surface area contributed by atoms with Gasteiger partial charge < -0.3 is 14.5 Å². The summed E-state index contributed by atoms with van der Waals surface area (Å²) in [6.45, 7) is 4.30. The highest BCUT2D eigenvalue weighted by atomic mass is 32.2. The number of amides is 1. The highest BCUT2D eigenvalue weighted by Gasteiger charge is 2.19. The molecule has 0 aliphatic heterocycles. The molecule has 32 heavy (non-hydrogen) atoms. The van der Waals surface area contributed by atoms with Gasteiger partial charge in [0.05, 0.1) is 5.25 Å². The zero-order valence-corrected chi connectivity index (χ0v) is 18.6. The van der Waals surface area contributed by atoms with Gasteiger partial charge in [0.2, 0.25) is 11.8 Å². The van der Waals surface area contributed by atoms with E-state index in [1.165, 1.54) is 11.8 Å². The van der Waals surface area contributed by atoms with Crippen molar-refractivity contribution in [3.63, 3.8) is 0 Å². The van der Waals surface area contributed by atoms with E-state index in [0.717, 1.165) is 22.4 Å². The Morgan fingerprint density at radius 3 is 2.56 bits per heavy atom. The lowest BCUT2D eigenvalue weighted by atomic mass is 10.1. The normalized spacial score (nSPS) is 11.7. The molecule has 0 aliphatic carbocycles. The van der Waals surface area contributed by atoms with E-state index >= 15 is 0 Å². The summed E-state index contributed by atoms with van der Waals surface area (Å²) in [5, 5.41) is 11.0. The molecular weight excluding hydrogens is 422 g/mol. The van der Waals surface area contributed by atoms with Crippen LogP contribution in [0.1, 0.15) is 18.1 Å². The van der Waals surface area contributed by atoms with Crippen LogP contribution in [0.2, 0.25) is 0 Å². The van der Waals surface area contributed by atoms with Crippen LogP contribution in [0.15, 0.2) is 88.5 Å².